The summed E-state index contributed by atoms with van der Waals surface area (Å²) < 4.78 is 10.2. The van der Waals surface area contributed by atoms with Crippen molar-refractivity contribution in [3.05, 3.63) is 48.2 Å². The Morgan fingerprint density at radius 2 is 2.00 bits per heavy atom. The zero-order valence-electron chi connectivity index (χ0n) is 8.48. The fraction of sp³-hybridized carbons (Fsp3) is 0.333. The topological polar surface area (TPSA) is 18.5 Å². The van der Waals surface area contributed by atoms with Gasteiger partial charge in [-0.3, -0.25) is 0 Å². The predicted molar refractivity (Wildman–Crippen MR) is 56.9 cm³/mol. The van der Waals surface area contributed by atoms with Crippen molar-refractivity contribution in [1.29, 1.82) is 0 Å². The van der Waals surface area contributed by atoms with Crippen molar-refractivity contribution in [3.8, 4) is 0 Å². The highest BCUT2D eigenvalue weighted by atomic mass is 16.5. The second-order valence-corrected chi connectivity index (χ2v) is 2.93. The van der Waals surface area contributed by atoms with Crippen LogP contribution in [0.5, 0.6) is 0 Å². The third kappa shape index (κ3) is 4.67. The highest BCUT2D eigenvalue weighted by Crippen LogP contribution is 2.00. The Bertz CT molecular complexity index is 254. The summed E-state index contributed by atoms with van der Waals surface area (Å²) >= 11 is 0. The van der Waals surface area contributed by atoms with Gasteiger partial charge in [0.2, 0.25) is 0 Å². The first-order chi connectivity index (χ1) is 6.93. The monoisotopic (exact) mass is 192 g/mol. The summed E-state index contributed by atoms with van der Waals surface area (Å²) in [4.78, 5) is 0. The molecule has 0 bridgehead atoms. The Morgan fingerprint density at radius 3 is 2.71 bits per heavy atom. The largest absolute Gasteiger partial charge is 0.505 e. The first-order valence-corrected chi connectivity index (χ1v) is 4.73. The summed E-state index contributed by atoms with van der Waals surface area (Å²) in [5.74, 6) is 0. The van der Waals surface area contributed by atoms with Gasteiger partial charge in [-0.05, 0) is 18.1 Å². The lowest BCUT2D eigenvalue weighted by Crippen LogP contribution is -1.93. The SMILES string of the molecule is CO/C=C/CCOCc1ccccc1. The molecular formula is C12H16O2. The summed E-state index contributed by atoms with van der Waals surface area (Å²) in [5, 5.41) is 0. The molecule has 0 spiro atoms. The normalized spacial score (nSPS) is 10.6. The van der Waals surface area contributed by atoms with Gasteiger partial charge < -0.3 is 9.47 Å². The molecule has 2 heteroatoms. The van der Waals surface area contributed by atoms with Gasteiger partial charge in [-0.1, -0.05) is 30.3 Å². The molecular weight excluding hydrogens is 176 g/mol. The standard InChI is InChI=1S/C12H16O2/c1-13-9-5-6-10-14-11-12-7-3-2-4-8-12/h2-5,7-9H,6,10-11H2,1H3/b9-5+. The summed E-state index contributed by atoms with van der Waals surface area (Å²) in [5.41, 5.74) is 1.21. The van der Waals surface area contributed by atoms with Crippen LogP contribution in [-0.4, -0.2) is 13.7 Å². The van der Waals surface area contributed by atoms with Crippen molar-refractivity contribution in [2.45, 2.75) is 13.0 Å². The maximum absolute atomic E-state index is 5.46. The minimum absolute atomic E-state index is 0.682. The average molecular weight is 192 g/mol. The smallest absolute Gasteiger partial charge is 0.0785 e. The lowest BCUT2D eigenvalue weighted by molar-refractivity contribution is 0.125. The zero-order chi connectivity index (χ0) is 10.1. The van der Waals surface area contributed by atoms with Crippen LogP contribution in [0.25, 0.3) is 0 Å². The van der Waals surface area contributed by atoms with Crippen LogP contribution in [0.4, 0.5) is 0 Å². The van der Waals surface area contributed by atoms with E-state index in [1.807, 2.05) is 24.3 Å². The highest BCUT2D eigenvalue weighted by molar-refractivity contribution is 5.13. The predicted octanol–water partition coefficient (Wildman–Crippen LogP) is 2.75. The molecule has 0 aliphatic carbocycles. The van der Waals surface area contributed by atoms with E-state index in [0.29, 0.717) is 6.61 Å². The van der Waals surface area contributed by atoms with E-state index >= 15 is 0 Å². The molecule has 0 heterocycles. The van der Waals surface area contributed by atoms with Gasteiger partial charge in [0.25, 0.3) is 0 Å². The average Bonchev–Trinajstić information content (AvgIpc) is 2.25. The molecule has 0 saturated heterocycles. The minimum atomic E-state index is 0.682. The fourth-order valence-electron chi connectivity index (χ4n) is 1.08. The Hall–Kier alpha value is -1.28. The summed E-state index contributed by atoms with van der Waals surface area (Å²) in [6.45, 7) is 1.41. The van der Waals surface area contributed by atoms with Gasteiger partial charge in [0.15, 0.2) is 0 Å². The van der Waals surface area contributed by atoms with Crippen molar-refractivity contribution in [1.82, 2.24) is 0 Å². The molecule has 0 aliphatic rings. The van der Waals surface area contributed by atoms with Crippen LogP contribution in [0.15, 0.2) is 42.7 Å². The quantitative estimate of drug-likeness (QED) is 0.509. The zero-order valence-corrected chi connectivity index (χ0v) is 8.48. The van der Waals surface area contributed by atoms with Gasteiger partial charge in [0, 0.05) is 0 Å². The summed E-state index contributed by atoms with van der Waals surface area (Å²) in [7, 11) is 1.64. The first-order valence-electron chi connectivity index (χ1n) is 4.73. The van der Waals surface area contributed by atoms with Crippen molar-refractivity contribution < 1.29 is 9.47 Å². The van der Waals surface area contributed by atoms with Crippen LogP contribution in [0, 0.1) is 0 Å². The molecule has 0 unspecified atom stereocenters. The van der Waals surface area contributed by atoms with E-state index in [2.05, 4.69) is 12.1 Å². The van der Waals surface area contributed by atoms with Crippen LogP contribution in [-0.2, 0) is 16.1 Å². The van der Waals surface area contributed by atoms with Gasteiger partial charge in [0.05, 0.1) is 26.6 Å². The van der Waals surface area contributed by atoms with E-state index in [0.717, 1.165) is 13.0 Å². The summed E-state index contributed by atoms with van der Waals surface area (Å²) in [6.07, 6.45) is 4.51. The van der Waals surface area contributed by atoms with E-state index < -0.39 is 0 Å². The Kier molecular flexibility index (Phi) is 5.52. The van der Waals surface area contributed by atoms with E-state index in [4.69, 9.17) is 9.47 Å². The molecule has 1 aromatic carbocycles. The molecule has 0 aromatic heterocycles. The molecule has 0 saturated carbocycles. The van der Waals surface area contributed by atoms with Crippen molar-refractivity contribution in [3.63, 3.8) is 0 Å². The molecule has 76 valence electrons. The Morgan fingerprint density at radius 1 is 1.21 bits per heavy atom. The molecule has 0 aliphatic heterocycles. The summed E-state index contributed by atoms with van der Waals surface area (Å²) in [6, 6.07) is 10.2. The minimum Gasteiger partial charge on any atom is -0.505 e. The van der Waals surface area contributed by atoms with Crippen LogP contribution in [0.1, 0.15) is 12.0 Å². The van der Waals surface area contributed by atoms with Gasteiger partial charge >= 0.3 is 0 Å². The third-order valence-electron chi connectivity index (χ3n) is 1.77. The number of benzene rings is 1. The lowest BCUT2D eigenvalue weighted by Gasteiger charge is -2.01. The fourth-order valence-corrected chi connectivity index (χ4v) is 1.08. The van der Waals surface area contributed by atoms with Gasteiger partial charge in [0.1, 0.15) is 0 Å². The second-order valence-electron chi connectivity index (χ2n) is 2.93. The van der Waals surface area contributed by atoms with Crippen LogP contribution in [0.2, 0.25) is 0 Å². The molecule has 0 N–H and O–H groups in total. The lowest BCUT2D eigenvalue weighted by atomic mass is 10.2. The Balaban J connectivity index is 2.07. The highest BCUT2D eigenvalue weighted by Gasteiger charge is 1.89. The van der Waals surface area contributed by atoms with Crippen LogP contribution < -0.4 is 0 Å². The number of hydrogen-bond acceptors (Lipinski definition) is 2. The van der Waals surface area contributed by atoms with E-state index in [9.17, 15) is 0 Å². The molecule has 1 rings (SSSR count). The van der Waals surface area contributed by atoms with E-state index in [1.165, 1.54) is 5.56 Å². The van der Waals surface area contributed by atoms with Crippen LogP contribution >= 0.6 is 0 Å². The first kappa shape index (κ1) is 10.8. The van der Waals surface area contributed by atoms with E-state index in [-0.39, 0.29) is 0 Å². The van der Waals surface area contributed by atoms with Crippen molar-refractivity contribution in [2.75, 3.05) is 13.7 Å². The molecule has 0 atom stereocenters. The molecule has 0 radical (unpaired) electrons. The number of rotatable bonds is 6. The number of hydrogen-bond donors (Lipinski definition) is 0. The van der Waals surface area contributed by atoms with Crippen LogP contribution in [0.3, 0.4) is 0 Å². The van der Waals surface area contributed by atoms with Gasteiger partial charge in [-0.15, -0.1) is 0 Å². The second kappa shape index (κ2) is 7.15. The maximum atomic E-state index is 5.46. The maximum Gasteiger partial charge on any atom is 0.0785 e. The number of methoxy groups -OCH3 is 1. The van der Waals surface area contributed by atoms with E-state index in [1.54, 1.807) is 13.4 Å². The number of ether oxygens (including phenoxy) is 2. The van der Waals surface area contributed by atoms with Crippen molar-refractivity contribution in [2.24, 2.45) is 0 Å². The Labute approximate surface area is 85.2 Å². The van der Waals surface area contributed by atoms with Gasteiger partial charge in [-0.25, -0.2) is 0 Å². The molecule has 0 amide bonds. The van der Waals surface area contributed by atoms with Crippen molar-refractivity contribution >= 4 is 0 Å². The molecule has 0 fully saturated rings. The van der Waals surface area contributed by atoms with Gasteiger partial charge in [-0.2, -0.15) is 0 Å². The molecule has 2 nitrogen and oxygen atoms in total. The molecule has 1 aromatic rings. The third-order valence-corrected chi connectivity index (χ3v) is 1.77. The molecule has 14 heavy (non-hydrogen) atoms.